The molecule has 0 aliphatic rings. The van der Waals surface area contributed by atoms with Crippen molar-refractivity contribution in [3.05, 3.63) is 59.9 Å². The van der Waals surface area contributed by atoms with Gasteiger partial charge in [0.25, 0.3) is 0 Å². The number of para-hydroxylation sites is 2. The second-order valence-corrected chi connectivity index (χ2v) is 3.75. The van der Waals surface area contributed by atoms with Gasteiger partial charge in [-0.2, -0.15) is 0 Å². The highest BCUT2D eigenvalue weighted by Crippen LogP contribution is 2.31. The largest absolute Gasteiger partial charge is 0.454 e. The van der Waals surface area contributed by atoms with Gasteiger partial charge in [0.05, 0.1) is 6.10 Å². The average molecular weight is 232 g/mol. The number of aliphatic hydroxyl groups is 1. The molecule has 0 aliphatic heterocycles. The maximum Gasteiger partial charge on any atom is 0.168 e. The molecule has 0 fully saturated rings. The lowest BCUT2D eigenvalue weighted by Crippen LogP contribution is -1.98. The molecule has 0 amide bonds. The highest BCUT2D eigenvalue weighted by atomic mass is 19.1. The van der Waals surface area contributed by atoms with Crippen molar-refractivity contribution in [3.8, 4) is 11.5 Å². The fraction of sp³-hybridized carbons (Fsp3) is 0.143. The van der Waals surface area contributed by atoms with Gasteiger partial charge in [-0.3, -0.25) is 0 Å². The zero-order valence-corrected chi connectivity index (χ0v) is 9.43. The molecular formula is C14H13FO2. The van der Waals surface area contributed by atoms with E-state index in [2.05, 4.69) is 0 Å². The lowest BCUT2D eigenvalue weighted by molar-refractivity contribution is 0.194. The van der Waals surface area contributed by atoms with E-state index in [1.165, 1.54) is 6.07 Å². The Balaban J connectivity index is 2.38. The smallest absolute Gasteiger partial charge is 0.168 e. The Hall–Kier alpha value is -1.87. The number of ether oxygens (including phenoxy) is 1. The minimum Gasteiger partial charge on any atom is -0.454 e. The van der Waals surface area contributed by atoms with E-state index >= 15 is 0 Å². The van der Waals surface area contributed by atoms with E-state index in [1.54, 1.807) is 43.3 Å². The Bertz CT molecular complexity index is 495. The van der Waals surface area contributed by atoms with Crippen LogP contribution in [-0.4, -0.2) is 5.11 Å². The van der Waals surface area contributed by atoms with Gasteiger partial charge < -0.3 is 9.84 Å². The monoisotopic (exact) mass is 232 g/mol. The molecule has 88 valence electrons. The Morgan fingerprint density at radius 3 is 2.41 bits per heavy atom. The molecule has 2 rings (SSSR count). The molecule has 0 saturated heterocycles. The lowest BCUT2D eigenvalue weighted by atomic mass is 10.1. The fourth-order valence-electron chi connectivity index (χ4n) is 1.57. The van der Waals surface area contributed by atoms with Crippen molar-refractivity contribution in [1.29, 1.82) is 0 Å². The van der Waals surface area contributed by atoms with E-state index in [4.69, 9.17) is 4.74 Å². The maximum absolute atomic E-state index is 13.7. The van der Waals surface area contributed by atoms with E-state index < -0.39 is 11.9 Å². The third-order valence-corrected chi connectivity index (χ3v) is 2.41. The number of hydrogen-bond donors (Lipinski definition) is 1. The number of halogens is 1. The van der Waals surface area contributed by atoms with E-state index in [1.807, 2.05) is 6.07 Å². The molecule has 0 radical (unpaired) electrons. The molecule has 0 saturated carbocycles. The Labute approximate surface area is 99.3 Å². The van der Waals surface area contributed by atoms with Crippen molar-refractivity contribution in [2.45, 2.75) is 13.0 Å². The highest BCUT2D eigenvalue weighted by molar-refractivity contribution is 5.40. The molecule has 0 spiro atoms. The second kappa shape index (κ2) is 4.97. The summed E-state index contributed by atoms with van der Waals surface area (Å²) < 4.78 is 19.1. The normalized spacial score (nSPS) is 12.2. The first-order valence-corrected chi connectivity index (χ1v) is 5.38. The summed E-state index contributed by atoms with van der Waals surface area (Å²) in [5.41, 5.74) is 0.439. The zero-order valence-electron chi connectivity index (χ0n) is 9.43. The van der Waals surface area contributed by atoms with Gasteiger partial charge in [-0.25, -0.2) is 4.39 Å². The van der Waals surface area contributed by atoms with Crippen LogP contribution >= 0.6 is 0 Å². The summed E-state index contributed by atoms with van der Waals surface area (Å²) in [5, 5.41) is 9.56. The quantitative estimate of drug-likeness (QED) is 0.874. The van der Waals surface area contributed by atoms with Crippen molar-refractivity contribution in [2.24, 2.45) is 0 Å². The summed E-state index contributed by atoms with van der Waals surface area (Å²) in [7, 11) is 0. The summed E-state index contributed by atoms with van der Waals surface area (Å²) in [6, 6.07) is 13.4. The third kappa shape index (κ3) is 2.63. The van der Waals surface area contributed by atoms with Gasteiger partial charge in [0.15, 0.2) is 11.6 Å². The van der Waals surface area contributed by atoms with Gasteiger partial charge in [0.2, 0.25) is 0 Å². The first-order valence-electron chi connectivity index (χ1n) is 5.38. The predicted octanol–water partition coefficient (Wildman–Crippen LogP) is 3.67. The van der Waals surface area contributed by atoms with Crippen LogP contribution in [0.25, 0.3) is 0 Å². The topological polar surface area (TPSA) is 29.5 Å². The maximum atomic E-state index is 13.7. The van der Waals surface area contributed by atoms with Crippen LogP contribution in [0, 0.1) is 5.82 Å². The van der Waals surface area contributed by atoms with Crippen LogP contribution in [0.15, 0.2) is 48.5 Å². The van der Waals surface area contributed by atoms with Crippen molar-refractivity contribution in [1.82, 2.24) is 0 Å². The van der Waals surface area contributed by atoms with Crippen LogP contribution in [0.1, 0.15) is 18.6 Å². The molecule has 2 nitrogen and oxygen atoms in total. The Morgan fingerprint density at radius 1 is 1.06 bits per heavy atom. The number of benzene rings is 2. The van der Waals surface area contributed by atoms with E-state index in [-0.39, 0.29) is 5.75 Å². The van der Waals surface area contributed by atoms with Gasteiger partial charge in [-0.15, -0.1) is 0 Å². The molecule has 2 aromatic rings. The second-order valence-electron chi connectivity index (χ2n) is 3.75. The van der Waals surface area contributed by atoms with Crippen LogP contribution in [0.5, 0.6) is 11.5 Å². The van der Waals surface area contributed by atoms with Gasteiger partial charge in [0.1, 0.15) is 5.75 Å². The summed E-state index contributed by atoms with van der Waals surface area (Å²) in [6.07, 6.45) is -0.774. The minimum absolute atomic E-state index is 0.0775. The highest BCUT2D eigenvalue weighted by Gasteiger charge is 2.14. The molecular weight excluding hydrogens is 219 g/mol. The SMILES string of the molecule is C[C@H](O)c1cccc(F)c1Oc1ccccc1. The molecule has 3 heteroatoms. The standard InChI is InChI=1S/C14H13FO2/c1-10(16)12-8-5-9-13(15)14(12)17-11-6-3-2-4-7-11/h2-10,16H,1H3/t10-/m0/s1. The zero-order chi connectivity index (χ0) is 12.3. The molecule has 1 atom stereocenters. The number of rotatable bonds is 3. The molecule has 2 aromatic carbocycles. The molecule has 0 heterocycles. The molecule has 0 aromatic heterocycles. The van der Waals surface area contributed by atoms with Crippen molar-refractivity contribution < 1.29 is 14.2 Å². The number of aliphatic hydroxyl groups excluding tert-OH is 1. The number of hydrogen-bond acceptors (Lipinski definition) is 2. The van der Waals surface area contributed by atoms with Gasteiger partial charge >= 0.3 is 0 Å². The van der Waals surface area contributed by atoms with Crippen molar-refractivity contribution in [3.63, 3.8) is 0 Å². The minimum atomic E-state index is -0.774. The Kier molecular flexibility index (Phi) is 3.40. The van der Waals surface area contributed by atoms with Crippen LogP contribution in [0.4, 0.5) is 4.39 Å². The average Bonchev–Trinajstić information content (AvgIpc) is 2.33. The molecule has 0 aliphatic carbocycles. The van der Waals surface area contributed by atoms with E-state index in [9.17, 15) is 9.50 Å². The van der Waals surface area contributed by atoms with Crippen molar-refractivity contribution in [2.75, 3.05) is 0 Å². The summed E-state index contributed by atoms with van der Waals surface area (Å²) in [6.45, 7) is 1.58. The van der Waals surface area contributed by atoms with Crippen LogP contribution in [0.2, 0.25) is 0 Å². The first kappa shape index (κ1) is 11.6. The lowest BCUT2D eigenvalue weighted by Gasteiger charge is -2.13. The van der Waals surface area contributed by atoms with Crippen LogP contribution in [0.3, 0.4) is 0 Å². The van der Waals surface area contributed by atoms with Gasteiger partial charge in [-0.05, 0) is 25.1 Å². The van der Waals surface area contributed by atoms with Crippen LogP contribution < -0.4 is 4.74 Å². The predicted molar refractivity (Wildman–Crippen MR) is 63.5 cm³/mol. The van der Waals surface area contributed by atoms with Gasteiger partial charge in [0, 0.05) is 5.56 Å². The van der Waals surface area contributed by atoms with Gasteiger partial charge in [-0.1, -0.05) is 30.3 Å². The van der Waals surface area contributed by atoms with E-state index in [0.29, 0.717) is 11.3 Å². The Morgan fingerprint density at radius 2 is 1.76 bits per heavy atom. The molecule has 0 bridgehead atoms. The van der Waals surface area contributed by atoms with Crippen LogP contribution in [-0.2, 0) is 0 Å². The molecule has 0 unspecified atom stereocenters. The summed E-state index contributed by atoms with van der Waals surface area (Å²) >= 11 is 0. The van der Waals surface area contributed by atoms with E-state index in [0.717, 1.165) is 0 Å². The summed E-state index contributed by atoms with van der Waals surface area (Å²) in [5.74, 6) is 0.139. The first-order chi connectivity index (χ1) is 8.18. The third-order valence-electron chi connectivity index (χ3n) is 2.41. The molecule has 1 N–H and O–H groups in total. The summed E-state index contributed by atoms with van der Waals surface area (Å²) in [4.78, 5) is 0. The fourth-order valence-corrected chi connectivity index (χ4v) is 1.57. The molecule has 17 heavy (non-hydrogen) atoms. The van der Waals surface area contributed by atoms with Crippen molar-refractivity contribution >= 4 is 0 Å².